The first kappa shape index (κ1) is 47.4. The van der Waals surface area contributed by atoms with Crippen molar-refractivity contribution in [3.63, 3.8) is 0 Å². The van der Waals surface area contributed by atoms with Gasteiger partial charge in [0.2, 0.25) is 17.7 Å². The number of rotatable bonds is 17. The van der Waals surface area contributed by atoms with E-state index in [1.165, 1.54) is 10.9 Å². The summed E-state index contributed by atoms with van der Waals surface area (Å²) in [6.07, 6.45) is 9.76. The normalized spacial score (nSPS) is 18.3. The molecule has 2 aromatic carbocycles. The van der Waals surface area contributed by atoms with E-state index in [2.05, 4.69) is 35.9 Å². The Bertz CT molecular complexity index is 2620. The average molecular weight is 952 g/mol. The van der Waals surface area contributed by atoms with Gasteiger partial charge in [-0.2, -0.15) is 10.2 Å². The summed E-state index contributed by atoms with van der Waals surface area (Å²) in [5.41, 5.74) is 5.42. The molecule has 18 nitrogen and oxygen atoms in total. The number of urea groups is 1. The maximum Gasteiger partial charge on any atom is 0.317 e. The van der Waals surface area contributed by atoms with Crippen molar-refractivity contribution in [2.24, 2.45) is 0 Å². The summed E-state index contributed by atoms with van der Waals surface area (Å²) in [7, 11) is 1.61. The summed E-state index contributed by atoms with van der Waals surface area (Å²) < 4.78 is 39.2. The van der Waals surface area contributed by atoms with Gasteiger partial charge in [0.05, 0.1) is 29.9 Å². The van der Waals surface area contributed by atoms with Crippen molar-refractivity contribution in [2.75, 3.05) is 56.7 Å². The maximum atomic E-state index is 15.0. The molecule has 2 saturated heterocycles. The van der Waals surface area contributed by atoms with Crippen molar-refractivity contribution in [3.05, 3.63) is 76.2 Å². The molecule has 0 bridgehead atoms. The van der Waals surface area contributed by atoms with E-state index in [0.717, 1.165) is 79.5 Å². The van der Waals surface area contributed by atoms with E-state index >= 15 is 8.78 Å². The topological polar surface area (TPSA) is 205 Å². The number of alkyl halides is 2. The third kappa shape index (κ3) is 9.93. The largest absolute Gasteiger partial charge is 0.384 e. The number of nitrogens with one attached hydrogen (secondary N) is 4. The van der Waals surface area contributed by atoms with Crippen LogP contribution >= 0.6 is 0 Å². The zero-order chi connectivity index (χ0) is 48.2. The molecule has 1 unspecified atom stereocenters. The van der Waals surface area contributed by atoms with Crippen LogP contribution in [0.25, 0.3) is 11.1 Å². The Morgan fingerprint density at radius 2 is 1.70 bits per heavy atom. The Balaban J connectivity index is 0.746. The minimum absolute atomic E-state index is 0.0526. The zero-order valence-corrected chi connectivity index (χ0v) is 38.9. The number of imide groups is 2. The molecule has 4 aromatic rings. The first-order valence-electron chi connectivity index (χ1n) is 24.3. The molecule has 0 spiro atoms. The monoisotopic (exact) mass is 951 g/mol. The number of fused-ring (bicyclic) bond motifs is 3. The van der Waals surface area contributed by atoms with Crippen LogP contribution in [0.15, 0.2) is 42.7 Å². The van der Waals surface area contributed by atoms with E-state index in [4.69, 9.17) is 9.84 Å². The summed E-state index contributed by atoms with van der Waals surface area (Å²) in [4.78, 5) is 81.0. The number of amides is 7. The molecule has 0 radical (unpaired) electrons. The highest BCUT2D eigenvalue weighted by Gasteiger charge is 2.45. The molecule has 1 atom stereocenters. The van der Waals surface area contributed by atoms with Gasteiger partial charge in [-0.05, 0) is 80.3 Å². The molecule has 2 fully saturated rings. The van der Waals surface area contributed by atoms with Gasteiger partial charge in [-0.1, -0.05) is 31.7 Å². The number of ether oxygens (including phenoxy) is 1. The van der Waals surface area contributed by atoms with Gasteiger partial charge >= 0.3 is 6.03 Å². The van der Waals surface area contributed by atoms with Gasteiger partial charge in [-0.25, -0.2) is 13.6 Å². The fourth-order valence-electron chi connectivity index (χ4n) is 10.4. The molecule has 5 aliphatic rings. The summed E-state index contributed by atoms with van der Waals surface area (Å²) in [5.74, 6) is -1.66. The fourth-order valence-corrected chi connectivity index (χ4v) is 10.4. The van der Waals surface area contributed by atoms with Crippen LogP contribution in [0.1, 0.15) is 126 Å². The number of piperidine rings is 1. The Kier molecular flexibility index (Phi) is 14.3. The Labute approximate surface area is 398 Å². The quantitative estimate of drug-likeness (QED) is 0.0737. The summed E-state index contributed by atoms with van der Waals surface area (Å²) in [5, 5.41) is 20.7. The lowest BCUT2D eigenvalue weighted by molar-refractivity contribution is -0.136. The molecule has 0 saturated carbocycles. The lowest BCUT2D eigenvalue weighted by Gasteiger charge is -2.33. The number of aryl methyl sites for hydroxylation is 1. The lowest BCUT2D eigenvalue weighted by atomic mass is 9.92. The van der Waals surface area contributed by atoms with Crippen molar-refractivity contribution in [2.45, 2.75) is 115 Å². The van der Waals surface area contributed by atoms with E-state index in [9.17, 15) is 28.8 Å². The second-order valence-electron chi connectivity index (χ2n) is 18.4. The molecular weight excluding hydrogens is 893 g/mol. The summed E-state index contributed by atoms with van der Waals surface area (Å²) >= 11 is 0. The van der Waals surface area contributed by atoms with Gasteiger partial charge in [0.25, 0.3) is 18.2 Å². The number of anilines is 3. The number of hydrogen-bond donors (Lipinski definition) is 4. The molecule has 20 heteroatoms. The molecule has 4 N–H and O–H groups in total. The molecule has 2 aromatic heterocycles. The molecule has 0 aliphatic carbocycles. The predicted octanol–water partition coefficient (Wildman–Crippen LogP) is 5.79. The first-order chi connectivity index (χ1) is 33.5. The van der Waals surface area contributed by atoms with Crippen molar-refractivity contribution >= 4 is 52.8 Å². The van der Waals surface area contributed by atoms with Crippen molar-refractivity contribution in [3.8, 4) is 11.1 Å². The molecular formula is C49H59F2N11O7. The van der Waals surface area contributed by atoms with E-state index in [-0.39, 0.29) is 54.1 Å². The minimum atomic E-state index is -2.77. The number of carbonyl (C=O) groups excluding carboxylic acids is 6. The fraction of sp³-hybridized carbons (Fsp3) is 0.510. The maximum absolute atomic E-state index is 15.0. The van der Waals surface area contributed by atoms with E-state index in [0.29, 0.717) is 87.1 Å². The van der Waals surface area contributed by atoms with E-state index in [1.54, 1.807) is 42.4 Å². The summed E-state index contributed by atoms with van der Waals surface area (Å²) in [6.45, 7) is 3.86. The number of nitrogens with zero attached hydrogens (tertiary/aromatic N) is 7. The van der Waals surface area contributed by atoms with Crippen LogP contribution in [-0.2, 0) is 45.1 Å². The molecule has 69 heavy (non-hydrogen) atoms. The average Bonchev–Trinajstić information content (AvgIpc) is 4.05. The standard InChI is InChI=1S/C49H59F2N11O7/c1-52-49(68)58-21-15-38-36(28-58)45(57-62(38)32-16-22-69-23-17-32)60-20-9-10-30-24-34(35(44(50)51)25-40(30)60)31-26-55-59(27-31)29-42(64)54-19-7-5-3-2-4-6-18-53-37-12-8-11-33-43(37)48(67)61(47(33)66)39-13-14-41(63)56-46(39)65/h8,11-12,24-27,32,39,44,53H,2-7,9-10,13-23,28-29H2,1H3,(H,52,68)(H,54,64)(H,56,63,65). The highest BCUT2D eigenvalue weighted by atomic mass is 19.3. The lowest BCUT2D eigenvalue weighted by Crippen LogP contribution is -2.54. The minimum Gasteiger partial charge on any atom is -0.384 e. The summed E-state index contributed by atoms with van der Waals surface area (Å²) in [6, 6.07) is 7.40. The highest BCUT2D eigenvalue weighted by molar-refractivity contribution is 6.25. The second-order valence-corrected chi connectivity index (χ2v) is 18.4. The Hall–Kier alpha value is -6.70. The number of aromatic nitrogens is 4. The number of benzene rings is 2. The molecule has 7 amide bonds. The molecule has 9 rings (SSSR count). The molecule has 5 aliphatic heterocycles. The SMILES string of the molecule is CNC(=O)N1CCc2c(c(N3CCCc4cc(-c5cnn(CC(=O)NCCCCCCCCNc6cccc7c6C(=O)N(C6CCC(=O)NC6=O)C7=O)c5)c(C(F)F)cc43)nn2C2CCOCC2)C1. The van der Waals surface area contributed by atoms with Crippen LogP contribution in [-0.4, -0.2) is 117 Å². The predicted molar refractivity (Wildman–Crippen MR) is 250 cm³/mol. The van der Waals surface area contributed by atoms with Crippen LogP contribution in [0.3, 0.4) is 0 Å². The van der Waals surface area contributed by atoms with E-state index < -0.39 is 36.1 Å². The van der Waals surface area contributed by atoms with Crippen LogP contribution < -0.4 is 26.2 Å². The van der Waals surface area contributed by atoms with Gasteiger partial charge in [-0.3, -0.25) is 43.6 Å². The number of unbranched alkanes of at least 4 members (excludes halogenated alkanes) is 5. The van der Waals surface area contributed by atoms with Gasteiger partial charge in [0, 0.05) is 99.2 Å². The van der Waals surface area contributed by atoms with Crippen LogP contribution in [0.2, 0.25) is 0 Å². The third-order valence-electron chi connectivity index (χ3n) is 13.9. The van der Waals surface area contributed by atoms with Crippen molar-refractivity contribution in [1.82, 2.24) is 45.3 Å². The third-order valence-corrected chi connectivity index (χ3v) is 13.9. The Morgan fingerprint density at radius 1 is 0.913 bits per heavy atom. The smallest absolute Gasteiger partial charge is 0.317 e. The van der Waals surface area contributed by atoms with Crippen molar-refractivity contribution in [1.29, 1.82) is 0 Å². The van der Waals surface area contributed by atoms with Gasteiger partial charge < -0.3 is 30.5 Å². The first-order valence-corrected chi connectivity index (χ1v) is 24.3. The van der Waals surface area contributed by atoms with Crippen LogP contribution in [0.5, 0.6) is 0 Å². The van der Waals surface area contributed by atoms with Gasteiger partial charge in [0.15, 0.2) is 5.82 Å². The number of hydrogen-bond acceptors (Lipinski definition) is 11. The molecule has 366 valence electrons. The molecule has 7 heterocycles. The van der Waals surface area contributed by atoms with Crippen molar-refractivity contribution < 1.29 is 42.3 Å². The number of halogens is 2. The van der Waals surface area contributed by atoms with Crippen LogP contribution in [0, 0.1) is 0 Å². The van der Waals surface area contributed by atoms with E-state index in [1.807, 2.05) is 6.07 Å². The number of carbonyl (C=O) groups is 6. The Morgan fingerprint density at radius 3 is 2.46 bits per heavy atom. The van der Waals surface area contributed by atoms with Gasteiger partial charge in [0.1, 0.15) is 12.6 Å². The zero-order valence-electron chi connectivity index (χ0n) is 38.9. The van der Waals surface area contributed by atoms with Crippen LogP contribution in [0.4, 0.5) is 30.8 Å². The second kappa shape index (κ2) is 20.9. The highest BCUT2D eigenvalue weighted by Crippen LogP contribution is 2.44. The van der Waals surface area contributed by atoms with Gasteiger partial charge in [-0.15, -0.1) is 0 Å².